The standard InChI is InChI=1S/C25H40N2O8/c1-15(2)7-8-18-24(5,35-18)20-19(31-6)17(9-10-25(20)14-32-25)34-22(29)27-11-16(12-27)33-21(28)26-13-23(3,4)30/h7,16-20,30H,8-14H2,1-6H3,(H,26,28)/t17?,18-,19?,20?,24+,25?/m1/s1. The summed E-state index contributed by atoms with van der Waals surface area (Å²) in [4.78, 5) is 26.2. The molecule has 1 spiro atoms. The number of hydrogen-bond acceptors (Lipinski definition) is 8. The molecule has 1 aliphatic carbocycles. The molecule has 6 atom stereocenters. The summed E-state index contributed by atoms with van der Waals surface area (Å²) in [6.45, 7) is 10.7. The summed E-state index contributed by atoms with van der Waals surface area (Å²) in [6.07, 6.45) is 2.35. The molecule has 3 aliphatic heterocycles. The van der Waals surface area contributed by atoms with Gasteiger partial charge >= 0.3 is 12.2 Å². The van der Waals surface area contributed by atoms with E-state index in [1.165, 1.54) is 10.5 Å². The van der Waals surface area contributed by atoms with Crippen LogP contribution in [0.4, 0.5) is 9.59 Å². The maximum absolute atomic E-state index is 12.8. The second-order valence-electron chi connectivity index (χ2n) is 11.4. The summed E-state index contributed by atoms with van der Waals surface area (Å²) < 4.78 is 29.3. The number of carbonyl (C=O) groups excluding carboxylic acids is 2. The number of hydrogen-bond donors (Lipinski definition) is 2. The van der Waals surface area contributed by atoms with Crippen molar-refractivity contribution in [1.82, 2.24) is 10.2 Å². The van der Waals surface area contributed by atoms with Crippen LogP contribution < -0.4 is 5.32 Å². The first-order valence-electron chi connectivity index (χ1n) is 12.5. The molecular weight excluding hydrogens is 456 g/mol. The highest BCUT2D eigenvalue weighted by molar-refractivity contribution is 5.70. The summed E-state index contributed by atoms with van der Waals surface area (Å²) >= 11 is 0. The molecule has 0 aromatic heterocycles. The van der Waals surface area contributed by atoms with Crippen molar-refractivity contribution in [2.24, 2.45) is 5.92 Å². The molecule has 0 aromatic carbocycles. The average Bonchev–Trinajstić information content (AvgIpc) is 3.65. The molecular formula is C25H40N2O8. The first-order valence-corrected chi connectivity index (χ1v) is 12.5. The Morgan fingerprint density at radius 3 is 2.51 bits per heavy atom. The Labute approximate surface area is 207 Å². The van der Waals surface area contributed by atoms with Gasteiger partial charge in [0.1, 0.15) is 29.5 Å². The Morgan fingerprint density at radius 1 is 1.26 bits per heavy atom. The van der Waals surface area contributed by atoms with Gasteiger partial charge in [-0.1, -0.05) is 11.6 Å². The molecule has 4 aliphatic rings. The molecule has 3 saturated heterocycles. The van der Waals surface area contributed by atoms with Gasteiger partial charge in [0.05, 0.1) is 37.3 Å². The molecule has 4 unspecified atom stereocenters. The van der Waals surface area contributed by atoms with E-state index in [4.69, 9.17) is 23.7 Å². The van der Waals surface area contributed by atoms with Gasteiger partial charge in [0, 0.05) is 13.7 Å². The fourth-order valence-electron chi connectivity index (χ4n) is 5.42. The first-order chi connectivity index (χ1) is 16.4. The van der Waals surface area contributed by atoms with E-state index < -0.39 is 30.0 Å². The van der Waals surface area contributed by atoms with Crippen LogP contribution in [-0.2, 0) is 23.7 Å². The van der Waals surface area contributed by atoms with Crippen LogP contribution in [0.15, 0.2) is 11.6 Å². The van der Waals surface area contributed by atoms with Gasteiger partial charge in [-0.05, 0) is 53.9 Å². The third kappa shape index (κ3) is 5.76. The third-order valence-electron chi connectivity index (χ3n) is 7.53. The van der Waals surface area contributed by atoms with E-state index in [0.717, 1.165) is 12.8 Å². The minimum Gasteiger partial charge on any atom is -0.443 e. The highest BCUT2D eigenvalue weighted by atomic mass is 16.6. The quantitative estimate of drug-likeness (QED) is 0.388. The Bertz CT molecular complexity index is 841. The monoisotopic (exact) mass is 496 g/mol. The maximum Gasteiger partial charge on any atom is 0.410 e. The van der Waals surface area contributed by atoms with Gasteiger partial charge in [-0.15, -0.1) is 0 Å². The fraction of sp³-hybridized carbons (Fsp3) is 0.840. The summed E-state index contributed by atoms with van der Waals surface area (Å²) in [5.74, 6) is -0.0333. The van der Waals surface area contributed by atoms with Crippen LogP contribution >= 0.6 is 0 Å². The second kappa shape index (κ2) is 9.53. The lowest BCUT2D eigenvalue weighted by Gasteiger charge is -2.44. The van der Waals surface area contributed by atoms with Crippen LogP contribution in [0.5, 0.6) is 0 Å². The van der Waals surface area contributed by atoms with Gasteiger partial charge < -0.3 is 39.0 Å². The predicted molar refractivity (Wildman–Crippen MR) is 126 cm³/mol. The normalized spacial score (nSPS) is 36.3. The number of allylic oxidation sites excluding steroid dienone is 1. The molecule has 35 heavy (non-hydrogen) atoms. The van der Waals surface area contributed by atoms with Gasteiger partial charge in [0.2, 0.25) is 0 Å². The lowest BCUT2D eigenvalue weighted by atomic mass is 9.68. The van der Waals surface area contributed by atoms with Crippen LogP contribution in [-0.4, -0.2) is 96.8 Å². The predicted octanol–water partition coefficient (Wildman–Crippen LogP) is 2.38. The largest absolute Gasteiger partial charge is 0.443 e. The summed E-state index contributed by atoms with van der Waals surface area (Å²) in [5.41, 5.74) is -0.432. The minimum absolute atomic E-state index is 0.0333. The van der Waals surface area contributed by atoms with Crippen molar-refractivity contribution in [2.75, 3.05) is 33.4 Å². The highest BCUT2D eigenvalue weighted by Crippen LogP contribution is 2.59. The van der Waals surface area contributed by atoms with Crippen molar-refractivity contribution in [3.8, 4) is 0 Å². The van der Waals surface area contributed by atoms with E-state index in [1.54, 1.807) is 21.0 Å². The van der Waals surface area contributed by atoms with E-state index in [0.29, 0.717) is 13.0 Å². The van der Waals surface area contributed by atoms with Gasteiger partial charge in [-0.3, -0.25) is 0 Å². The summed E-state index contributed by atoms with van der Waals surface area (Å²) in [6, 6.07) is 0. The van der Waals surface area contributed by atoms with E-state index in [-0.39, 0.29) is 49.0 Å². The van der Waals surface area contributed by atoms with Crippen LogP contribution in [0.1, 0.15) is 53.9 Å². The Balaban J connectivity index is 1.30. The van der Waals surface area contributed by atoms with Crippen LogP contribution in [0.25, 0.3) is 0 Å². The molecule has 0 radical (unpaired) electrons. The van der Waals surface area contributed by atoms with Crippen molar-refractivity contribution < 1.29 is 38.4 Å². The molecule has 10 nitrogen and oxygen atoms in total. The number of nitrogens with one attached hydrogen (secondary N) is 1. The molecule has 10 heteroatoms. The molecule has 198 valence electrons. The number of likely N-dealkylation sites (tertiary alicyclic amines) is 1. The first kappa shape index (κ1) is 26.2. The minimum atomic E-state index is -1.03. The van der Waals surface area contributed by atoms with E-state index in [9.17, 15) is 14.7 Å². The van der Waals surface area contributed by atoms with Crippen LogP contribution in [0, 0.1) is 5.92 Å². The Kier molecular flexibility index (Phi) is 7.13. The van der Waals surface area contributed by atoms with Crippen LogP contribution in [0.2, 0.25) is 0 Å². The van der Waals surface area contributed by atoms with Gasteiger partial charge in [0.15, 0.2) is 0 Å². The zero-order valence-corrected chi connectivity index (χ0v) is 21.7. The molecule has 2 N–H and O–H groups in total. The van der Waals surface area contributed by atoms with Crippen LogP contribution in [0.3, 0.4) is 0 Å². The number of aliphatic hydroxyl groups is 1. The summed E-state index contributed by atoms with van der Waals surface area (Å²) in [7, 11) is 1.65. The fourth-order valence-corrected chi connectivity index (χ4v) is 5.42. The Hall–Kier alpha value is -1.88. The van der Waals surface area contributed by atoms with Crippen molar-refractivity contribution in [3.05, 3.63) is 11.6 Å². The molecule has 0 aromatic rings. The topological polar surface area (TPSA) is 122 Å². The molecule has 4 rings (SSSR count). The number of ether oxygens (including phenoxy) is 5. The highest BCUT2D eigenvalue weighted by Gasteiger charge is 2.72. The molecule has 2 amide bonds. The number of alkyl carbamates (subject to hydrolysis) is 1. The van der Waals surface area contributed by atoms with Gasteiger partial charge in [0.25, 0.3) is 0 Å². The SMILES string of the molecule is COC1C(OC(=O)N2CC(OC(=O)NCC(C)(C)O)C2)CCC2(CO2)C1[C@@]1(C)O[C@@H]1CC=C(C)C. The van der Waals surface area contributed by atoms with Gasteiger partial charge in [-0.2, -0.15) is 0 Å². The smallest absolute Gasteiger partial charge is 0.410 e. The lowest BCUT2D eigenvalue weighted by Crippen LogP contribution is -2.59. The summed E-state index contributed by atoms with van der Waals surface area (Å²) in [5, 5.41) is 12.2. The number of nitrogens with zero attached hydrogens (tertiary/aromatic N) is 1. The van der Waals surface area contributed by atoms with E-state index >= 15 is 0 Å². The van der Waals surface area contributed by atoms with Crippen molar-refractivity contribution in [2.45, 2.75) is 95.1 Å². The number of epoxide rings is 2. The number of methoxy groups -OCH3 is 1. The third-order valence-corrected chi connectivity index (χ3v) is 7.53. The number of amides is 2. The molecule has 1 saturated carbocycles. The average molecular weight is 497 g/mol. The second-order valence-corrected chi connectivity index (χ2v) is 11.4. The molecule has 3 heterocycles. The zero-order valence-electron chi connectivity index (χ0n) is 21.7. The van der Waals surface area contributed by atoms with E-state index in [2.05, 4.69) is 32.2 Å². The van der Waals surface area contributed by atoms with Crippen molar-refractivity contribution in [3.63, 3.8) is 0 Å². The van der Waals surface area contributed by atoms with Gasteiger partial charge in [-0.25, -0.2) is 9.59 Å². The Morgan fingerprint density at radius 2 is 1.94 bits per heavy atom. The molecule has 0 bridgehead atoms. The van der Waals surface area contributed by atoms with Crippen molar-refractivity contribution in [1.29, 1.82) is 0 Å². The molecule has 4 fully saturated rings. The zero-order chi connectivity index (χ0) is 25.6. The number of rotatable bonds is 8. The lowest BCUT2D eigenvalue weighted by molar-refractivity contribution is -0.126. The van der Waals surface area contributed by atoms with Crippen molar-refractivity contribution >= 4 is 12.2 Å². The maximum atomic E-state index is 12.8. The number of carbonyl (C=O) groups is 2. The van der Waals surface area contributed by atoms with E-state index in [1.807, 2.05) is 0 Å².